The minimum absolute atomic E-state index is 0.127. The number of rotatable bonds is 6. The lowest BCUT2D eigenvalue weighted by molar-refractivity contribution is 0.500. The Hall–Kier alpha value is -0.950. The van der Waals surface area contributed by atoms with Crippen LogP contribution in [0.4, 0.5) is 0 Å². The van der Waals surface area contributed by atoms with Gasteiger partial charge in [0.05, 0.1) is 0 Å². The zero-order chi connectivity index (χ0) is 13.1. The van der Waals surface area contributed by atoms with E-state index in [1.54, 1.807) is 4.57 Å². The van der Waals surface area contributed by atoms with Crippen LogP contribution in [-0.2, 0) is 23.0 Å². The molecule has 1 aromatic heterocycles. The van der Waals surface area contributed by atoms with Crippen molar-refractivity contribution < 1.29 is 8.42 Å². The number of nitrogens with zero attached hydrogens (tertiary/aromatic N) is 3. The van der Waals surface area contributed by atoms with Crippen LogP contribution in [0.1, 0.15) is 39.4 Å². The predicted molar refractivity (Wildman–Crippen MR) is 64.8 cm³/mol. The highest BCUT2D eigenvalue weighted by molar-refractivity contribution is 7.89. The molecular weight excluding hydrogens is 240 g/mol. The first-order valence-electron chi connectivity index (χ1n) is 5.85. The van der Waals surface area contributed by atoms with Crippen LogP contribution in [0.5, 0.6) is 0 Å². The molecule has 1 aromatic rings. The monoisotopic (exact) mass is 260 g/mol. The van der Waals surface area contributed by atoms with E-state index < -0.39 is 10.0 Å². The zero-order valence-electron chi connectivity index (χ0n) is 10.5. The Morgan fingerprint density at radius 2 is 2.00 bits per heavy atom. The summed E-state index contributed by atoms with van der Waals surface area (Å²) in [4.78, 5) is 0. The van der Waals surface area contributed by atoms with E-state index in [0.717, 1.165) is 19.3 Å². The average Bonchev–Trinajstić information content (AvgIpc) is 2.61. The Kier molecular flexibility index (Phi) is 4.64. The molecule has 0 bridgehead atoms. The van der Waals surface area contributed by atoms with E-state index in [2.05, 4.69) is 24.0 Å². The topological polar surface area (TPSA) is 90.9 Å². The number of nitrogens with two attached hydrogens (primary N) is 1. The summed E-state index contributed by atoms with van der Waals surface area (Å²) in [6.07, 6.45) is 2.55. The van der Waals surface area contributed by atoms with Crippen molar-refractivity contribution >= 4 is 10.0 Å². The van der Waals surface area contributed by atoms with E-state index in [1.165, 1.54) is 0 Å². The van der Waals surface area contributed by atoms with Gasteiger partial charge in [-0.1, -0.05) is 27.2 Å². The summed E-state index contributed by atoms with van der Waals surface area (Å²) in [6.45, 7) is 6.73. The van der Waals surface area contributed by atoms with Gasteiger partial charge in [0.2, 0.25) is 0 Å². The molecule has 7 heteroatoms. The molecule has 1 heterocycles. The fourth-order valence-electron chi connectivity index (χ4n) is 1.58. The highest BCUT2D eigenvalue weighted by atomic mass is 32.2. The molecule has 0 spiro atoms. The molecule has 6 nitrogen and oxygen atoms in total. The van der Waals surface area contributed by atoms with Crippen LogP contribution in [-0.4, -0.2) is 23.2 Å². The molecule has 0 fully saturated rings. The third-order valence-corrected chi connectivity index (χ3v) is 3.53. The number of primary sulfonamides is 1. The van der Waals surface area contributed by atoms with Crippen molar-refractivity contribution in [3.05, 3.63) is 5.82 Å². The minimum Gasteiger partial charge on any atom is -0.301 e. The number of aromatic nitrogens is 3. The summed E-state index contributed by atoms with van der Waals surface area (Å²) in [6, 6.07) is 0. The van der Waals surface area contributed by atoms with E-state index >= 15 is 0 Å². The molecule has 0 saturated heterocycles. The molecular formula is C10H20N4O2S. The Morgan fingerprint density at radius 1 is 1.35 bits per heavy atom. The van der Waals surface area contributed by atoms with Gasteiger partial charge in [0.25, 0.3) is 15.2 Å². The fraction of sp³-hybridized carbons (Fsp3) is 0.800. The van der Waals surface area contributed by atoms with Crippen molar-refractivity contribution in [2.24, 2.45) is 11.1 Å². The molecule has 0 aliphatic heterocycles. The average molecular weight is 260 g/mol. The molecule has 98 valence electrons. The number of sulfonamides is 1. The molecule has 0 saturated carbocycles. The van der Waals surface area contributed by atoms with Crippen LogP contribution in [0.15, 0.2) is 5.16 Å². The third kappa shape index (κ3) is 3.50. The number of hydrogen-bond acceptors (Lipinski definition) is 4. The van der Waals surface area contributed by atoms with Gasteiger partial charge in [-0.3, -0.25) is 0 Å². The van der Waals surface area contributed by atoms with Crippen molar-refractivity contribution in [3.8, 4) is 0 Å². The van der Waals surface area contributed by atoms with Gasteiger partial charge in [0.15, 0.2) is 0 Å². The second kappa shape index (κ2) is 5.59. The maximum absolute atomic E-state index is 11.4. The van der Waals surface area contributed by atoms with Crippen LogP contribution in [0.3, 0.4) is 0 Å². The van der Waals surface area contributed by atoms with Gasteiger partial charge in [-0.2, -0.15) is 0 Å². The third-order valence-electron chi connectivity index (χ3n) is 2.72. The highest BCUT2D eigenvalue weighted by Gasteiger charge is 2.21. The summed E-state index contributed by atoms with van der Waals surface area (Å²) in [7, 11) is -3.79. The number of hydrogen-bond donors (Lipinski definition) is 1. The van der Waals surface area contributed by atoms with Crippen LogP contribution in [0.25, 0.3) is 0 Å². The van der Waals surface area contributed by atoms with Gasteiger partial charge in [-0.25, -0.2) is 13.6 Å². The SMILES string of the molecule is CCCn1c(CC(C)CC)nnc1S(N)(=O)=O. The summed E-state index contributed by atoms with van der Waals surface area (Å²) < 4.78 is 24.3. The Labute approximate surface area is 102 Å². The Morgan fingerprint density at radius 3 is 2.47 bits per heavy atom. The lowest BCUT2D eigenvalue weighted by atomic mass is 10.1. The summed E-state index contributed by atoms with van der Waals surface area (Å²) >= 11 is 0. The molecule has 0 aliphatic rings. The molecule has 1 atom stereocenters. The van der Waals surface area contributed by atoms with Gasteiger partial charge in [0.1, 0.15) is 5.82 Å². The van der Waals surface area contributed by atoms with Crippen molar-refractivity contribution in [2.75, 3.05) is 0 Å². The Bertz CT molecular complexity index is 467. The van der Waals surface area contributed by atoms with E-state index in [0.29, 0.717) is 18.3 Å². The van der Waals surface area contributed by atoms with Crippen molar-refractivity contribution in [1.82, 2.24) is 14.8 Å². The highest BCUT2D eigenvalue weighted by Crippen LogP contribution is 2.14. The lowest BCUT2D eigenvalue weighted by Crippen LogP contribution is -2.20. The van der Waals surface area contributed by atoms with E-state index in [9.17, 15) is 8.42 Å². The largest absolute Gasteiger partial charge is 0.301 e. The second-order valence-corrected chi connectivity index (χ2v) is 5.77. The zero-order valence-corrected chi connectivity index (χ0v) is 11.4. The van der Waals surface area contributed by atoms with Gasteiger partial charge < -0.3 is 4.57 Å². The van der Waals surface area contributed by atoms with E-state index in [4.69, 9.17) is 5.14 Å². The first-order chi connectivity index (χ1) is 7.90. The summed E-state index contributed by atoms with van der Waals surface area (Å²) in [5.74, 6) is 1.15. The molecule has 0 aromatic carbocycles. The van der Waals surface area contributed by atoms with Crippen LogP contribution in [0, 0.1) is 5.92 Å². The fourth-order valence-corrected chi connectivity index (χ4v) is 2.24. The van der Waals surface area contributed by atoms with Crippen molar-refractivity contribution in [1.29, 1.82) is 0 Å². The van der Waals surface area contributed by atoms with Crippen molar-refractivity contribution in [2.45, 2.75) is 51.7 Å². The van der Waals surface area contributed by atoms with Gasteiger partial charge >= 0.3 is 0 Å². The minimum atomic E-state index is -3.79. The normalized spacial score (nSPS) is 13.9. The van der Waals surface area contributed by atoms with E-state index in [-0.39, 0.29) is 5.16 Å². The maximum Gasteiger partial charge on any atom is 0.273 e. The smallest absolute Gasteiger partial charge is 0.273 e. The van der Waals surface area contributed by atoms with Crippen LogP contribution >= 0.6 is 0 Å². The van der Waals surface area contributed by atoms with Gasteiger partial charge in [0, 0.05) is 13.0 Å². The lowest BCUT2D eigenvalue weighted by Gasteiger charge is -2.10. The molecule has 0 amide bonds. The maximum atomic E-state index is 11.4. The van der Waals surface area contributed by atoms with Crippen LogP contribution < -0.4 is 5.14 Å². The summed E-state index contributed by atoms with van der Waals surface area (Å²) in [5.41, 5.74) is 0. The first-order valence-corrected chi connectivity index (χ1v) is 7.39. The second-order valence-electron chi connectivity index (χ2n) is 4.31. The van der Waals surface area contributed by atoms with E-state index in [1.807, 2.05) is 6.92 Å². The molecule has 0 aliphatic carbocycles. The van der Waals surface area contributed by atoms with Crippen LogP contribution in [0.2, 0.25) is 0 Å². The molecule has 17 heavy (non-hydrogen) atoms. The first kappa shape index (κ1) is 14.1. The molecule has 1 unspecified atom stereocenters. The quantitative estimate of drug-likeness (QED) is 0.823. The summed E-state index contributed by atoms with van der Waals surface area (Å²) in [5, 5.41) is 12.6. The molecule has 0 radical (unpaired) electrons. The van der Waals surface area contributed by atoms with Crippen molar-refractivity contribution in [3.63, 3.8) is 0 Å². The standard InChI is InChI=1S/C10H20N4O2S/c1-4-6-14-9(7-8(3)5-2)12-13-10(14)17(11,15)16/h8H,4-7H2,1-3H3,(H2,11,15,16). The molecule has 2 N–H and O–H groups in total. The Balaban J connectivity index is 3.11. The predicted octanol–water partition coefficient (Wildman–Crippen LogP) is 0.924. The van der Waals surface area contributed by atoms with Gasteiger partial charge in [-0.05, 0) is 12.3 Å². The molecule has 1 rings (SSSR count). The van der Waals surface area contributed by atoms with Gasteiger partial charge in [-0.15, -0.1) is 10.2 Å².